The van der Waals surface area contributed by atoms with E-state index in [9.17, 15) is 0 Å². The van der Waals surface area contributed by atoms with Crippen LogP contribution < -0.4 is 0 Å². The van der Waals surface area contributed by atoms with Crippen molar-refractivity contribution in [2.45, 2.75) is 0 Å². The van der Waals surface area contributed by atoms with Crippen molar-refractivity contribution in [1.82, 2.24) is 29.9 Å². The lowest BCUT2D eigenvalue weighted by Crippen LogP contribution is -2.00. The van der Waals surface area contributed by atoms with Crippen molar-refractivity contribution < 1.29 is 0 Å². The Kier molecular flexibility index (Phi) is 9.10. The van der Waals surface area contributed by atoms with Gasteiger partial charge in [0.25, 0.3) is 0 Å². The Bertz CT molecular complexity index is 2930. The Balaban J connectivity index is 1.12. The molecule has 0 aliphatic carbocycles. The lowest BCUT2D eigenvalue weighted by molar-refractivity contribution is 1.07. The molecule has 6 heteroatoms. The molecule has 0 fully saturated rings. The fraction of sp³-hybridized carbons (Fsp3) is 0. The first-order chi connectivity index (χ1) is 28.7. The molecule has 0 N–H and O–H groups in total. The van der Waals surface area contributed by atoms with Crippen molar-refractivity contribution >= 4 is 10.9 Å². The van der Waals surface area contributed by atoms with Gasteiger partial charge >= 0.3 is 0 Å². The Morgan fingerprint density at radius 3 is 1.36 bits per heavy atom. The van der Waals surface area contributed by atoms with Crippen molar-refractivity contribution in [3.05, 3.63) is 206 Å². The zero-order valence-electron chi connectivity index (χ0n) is 31.3. The summed E-state index contributed by atoms with van der Waals surface area (Å²) in [5.41, 5.74) is 12.5. The molecule has 6 nitrogen and oxygen atoms in total. The third-order valence-corrected chi connectivity index (χ3v) is 10.2. The fourth-order valence-electron chi connectivity index (χ4n) is 7.35. The summed E-state index contributed by atoms with van der Waals surface area (Å²) in [6.07, 6.45) is 1.85. The molecule has 0 aliphatic heterocycles. The maximum Gasteiger partial charge on any atom is 0.164 e. The molecule has 3 aromatic heterocycles. The van der Waals surface area contributed by atoms with Gasteiger partial charge < -0.3 is 0 Å². The molecule has 7 aromatic carbocycles. The van der Waals surface area contributed by atoms with Crippen LogP contribution in [0.1, 0.15) is 0 Å². The SMILES string of the molecule is c1ccc(-c2cc(-c3ccccc3-c3cc(-c4cccc(-c5nc(-c6ccccc6)nc(-c6ccccc6)n5)c4)c4ncccc4c3)nc(-c3ccccc3)n2)cc1. The molecule has 0 unspecified atom stereocenters. The first-order valence-corrected chi connectivity index (χ1v) is 19.2. The molecule has 0 spiro atoms. The number of rotatable bonds is 8. The first-order valence-electron chi connectivity index (χ1n) is 19.2. The van der Waals surface area contributed by atoms with Gasteiger partial charge in [0.1, 0.15) is 0 Å². The van der Waals surface area contributed by atoms with Gasteiger partial charge in [-0.1, -0.05) is 170 Å². The molecule has 0 atom stereocenters. The molecule has 0 aliphatic rings. The molecule has 0 radical (unpaired) electrons. The van der Waals surface area contributed by atoms with Gasteiger partial charge in [-0.3, -0.25) is 4.98 Å². The molecule has 272 valence electrons. The highest BCUT2D eigenvalue weighted by Crippen LogP contribution is 2.39. The van der Waals surface area contributed by atoms with Crippen LogP contribution in [0.2, 0.25) is 0 Å². The van der Waals surface area contributed by atoms with Crippen molar-refractivity contribution in [3.8, 4) is 90.3 Å². The molecule has 0 bridgehead atoms. The summed E-state index contributed by atoms with van der Waals surface area (Å²) in [5, 5.41) is 1.03. The van der Waals surface area contributed by atoms with Crippen LogP contribution >= 0.6 is 0 Å². The summed E-state index contributed by atoms with van der Waals surface area (Å²) in [6, 6.07) is 68.1. The van der Waals surface area contributed by atoms with Crippen LogP contribution in [0, 0.1) is 0 Å². The number of benzene rings is 7. The summed E-state index contributed by atoms with van der Waals surface area (Å²) < 4.78 is 0. The number of pyridine rings is 1. The van der Waals surface area contributed by atoms with Crippen LogP contribution in [0.15, 0.2) is 206 Å². The maximum absolute atomic E-state index is 5.19. The van der Waals surface area contributed by atoms with Gasteiger partial charge in [-0.25, -0.2) is 24.9 Å². The molecule has 3 heterocycles. The van der Waals surface area contributed by atoms with Crippen molar-refractivity contribution in [2.75, 3.05) is 0 Å². The van der Waals surface area contributed by atoms with Gasteiger partial charge in [-0.05, 0) is 47.0 Å². The number of aromatic nitrogens is 6. The van der Waals surface area contributed by atoms with E-state index in [0.717, 1.165) is 77.9 Å². The topological polar surface area (TPSA) is 77.3 Å². The fourth-order valence-corrected chi connectivity index (χ4v) is 7.35. The van der Waals surface area contributed by atoms with Gasteiger partial charge in [0, 0.05) is 50.5 Å². The second-order valence-corrected chi connectivity index (χ2v) is 14.0. The van der Waals surface area contributed by atoms with E-state index in [-0.39, 0.29) is 0 Å². The largest absolute Gasteiger partial charge is 0.256 e. The zero-order valence-corrected chi connectivity index (χ0v) is 31.3. The lowest BCUT2D eigenvalue weighted by Gasteiger charge is -2.15. The van der Waals surface area contributed by atoms with Gasteiger partial charge in [0.15, 0.2) is 23.3 Å². The van der Waals surface area contributed by atoms with Crippen molar-refractivity contribution in [3.63, 3.8) is 0 Å². The first kappa shape index (κ1) is 34.5. The van der Waals surface area contributed by atoms with Crippen LogP contribution in [0.3, 0.4) is 0 Å². The second kappa shape index (κ2) is 15.3. The Labute approximate surface area is 336 Å². The summed E-state index contributed by atoms with van der Waals surface area (Å²) >= 11 is 0. The van der Waals surface area contributed by atoms with Gasteiger partial charge in [0.05, 0.1) is 16.9 Å². The predicted octanol–water partition coefficient (Wildman–Crippen LogP) is 12.5. The molecule has 10 aromatic rings. The highest BCUT2D eigenvalue weighted by molar-refractivity contribution is 5.99. The minimum atomic E-state index is 0.598. The molecule has 10 rings (SSSR count). The van der Waals surface area contributed by atoms with Crippen molar-refractivity contribution in [2.24, 2.45) is 0 Å². The van der Waals surface area contributed by atoms with E-state index in [1.54, 1.807) is 0 Å². The van der Waals surface area contributed by atoms with E-state index in [2.05, 4.69) is 97.1 Å². The van der Waals surface area contributed by atoms with Crippen LogP contribution in [0.4, 0.5) is 0 Å². The minimum absolute atomic E-state index is 0.598. The molecule has 58 heavy (non-hydrogen) atoms. The van der Waals surface area contributed by atoms with Crippen LogP contribution in [-0.2, 0) is 0 Å². The third kappa shape index (κ3) is 6.91. The third-order valence-electron chi connectivity index (χ3n) is 10.2. The Hall–Kier alpha value is -7.96. The summed E-state index contributed by atoms with van der Waals surface area (Å²) in [5.74, 6) is 2.52. The summed E-state index contributed by atoms with van der Waals surface area (Å²) in [4.78, 5) is 30.1. The number of hydrogen-bond acceptors (Lipinski definition) is 6. The van der Waals surface area contributed by atoms with E-state index in [4.69, 9.17) is 29.9 Å². The quantitative estimate of drug-likeness (QED) is 0.154. The summed E-state index contributed by atoms with van der Waals surface area (Å²) in [7, 11) is 0. The number of hydrogen-bond donors (Lipinski definition) is 0. The standard InChI is InChI=1S/C52H34N6/c1-5-17-35(18-6-1)46-34-47(55-49(54-46)36-19-7-2-8-20-36)44-29-14-13-28-43(44)42-32-40-27-16-30-53-48(40)45(33-42)39-25-15-26-41(31-39)52-57-50(37-21-9-3-10-22-37)56-51(58-52)38-23-11-4-12-24-38/h1-34H. The number of nitrogens with zero attached hydrogens (tertiary/aromatic N) is 6. The highest BCUT2D eigenvalue weighted by atomic mass is 15.0. The maximum atomic E-state index is 5.19. The number of fused-ring (bicyclic) bond motifs is 1. The predicted molar refractivity (Wildman–Crippen MR) is 234 cm³/mol. The Morgan fingerprint density at radius 1 is 0.259 bits per heavy atom. The average molecular weight is 743 g/mol. The minimum Gasteiger partial charge on any atom is -0.256 e. The molecular formula is C52H34N6. The van der Waals surface area contributed by atoms with Gasteiger partial charge in [-0.15, -0.1) is 0 Å². The summed E-state index contributed by atoms with van der Waals surface area (Å²) in [6.45, 7) is 0. The second-order valence-electron chi connectivity index (χ2n) is 14.0. The van der Waals surface area contributed by atoms with E-state index < -0.39 is 0 Å². The molecule has 0 saturated carbocycles. The van der Waals surface area contributed by atoms with E-state index in [1.807, 2.05) is 109 Å². The smallest absolute Gasteiger partial charge is 0.164 e. The van der Waals surface area contributed by atoms with Crippen LogP contribution in [-0.4, -0.2) is 29.9 Å². The molecule has 0 amide bonds. The van der Waals surface area contributed by atoms with Gasteiger partial charge in [0.2, 0.25) is 0 Å². The van der Waals surface area contributed by atoms with E-state index >= 15 is 0 Å². The van der Waals surface area contributed by atoms with E-state index in [0.29, 0.717) is 23.3 Å². The van der Waals surface area contributed by atoms with E-state index in [1.165, 1.54) is 0 Å². The normalized spacial score (nSPS) is 11.1. The zero-order chi connectivity index (χ0) is 38.7. The van der Waals surface area contributed by atoms with Crippen LogP contribution in [0.5, 0.6) is 0 Å². The van der Waals surface area contributed by atoms with Crippen molar-refractivity contribution in [1.29, 1.82) is 0 Å². The Morgan fingerprint density at radius 2 is 0.741 bits per heavy atom. The van der Waals surface area contributed by atoms with Crippen LogP contribution in [0.25, 0.3) is 101 Å². The average Bonchev–Trinajstić information content (AvgIpc) is 3.32. The lowest BCUT2D eigenvalue weighted by atomic mass is 9.91. The molecular weight excluding hydrogens is 709 g/mol. The highest BCUT2D eigenvalue weighted by Gasteiger charge is 2.18. The monoisotopic (exact) mass is 742 g/mol. The van der Waals surface area contributed by atoms with Gasteiger partial charge in [-0.2, -0.15) is 0 Å². The molecule has 0 saturated heterocycles.